The summed E-state index contributed by atoms with van der Waals surface area (Å²) in [6, 6.07) is 8.72. The summed E-state index contributed by atoms with van der Waals surface area (Å²) in [5.41, 5.74) is 5.57. The van der Waals surface area contributed by atoms with E-state index in [-0.39, 0.29) is 19.1 Å². The van der Waals surface area contributed by atoms with Crippen LogP contribution in [-0.2, 0) is 16.2 Å². The lowest BCUT2D eigenvalue weighted by Crippen LogP contribution is -2.37. The zero-order chi connectivity index (χ0) is 15.9. The van der Waals surface area contributed by atoms with Gasteiger partial charge in [0.15, 0.2) is 0 Å². The Morgan fingerprint density at radius 3 is 2.77 bits per heavy atom. The van der Waals surface area contributed by atoms with E-state index in [1.54, 1.807) is 13.1 Å². The van der Waals surface area contributed by atoms with Gasteiger partial charge in [-0.05, 0) is 19.1 Å². The second-order valence-corrected chi connectivity index (χ2v) is 4.65. The highest BCUT2D eigenvalue weighted by atomic mass is 16.5. The summed E-state index contributed by atoms with van der Waals surface area (Å²) < 4.78 is 6.95. The summed E-state index contributed by atoms with van der Waals surface area (Å²) in [5.74, 6) is -0.236. The third-order valence-electron chi connectivity index (χ3n) is 2.90. The van der Waals surface area contributed by atoms with E-state index in [4.69, 9.17) is 10.5 Å². The first-order valence-electron chi connectivity index (χ1n) is 6.71. The van der Waals surface area contributed by atoms with Gasteiger partial charge in [0.25, 0.3) is 0 Å². The van der Waals surface area contributed by atoms with Crippen molar-refractivity contribution in [2.45, 2.75) is 19.6 Å². The normalized spacial score (nSPS) is 11.7. The van der Waals surface area contributed by atoms with Gasteiger partial charge in [-0.3, -0.25) is 9.59 Å². The van der Waals surface area contributed by atoms with Crippen molar-refractivity contribution in [3.8, 4) is 5.75 Å². The number of aromatic nitrogens is 3. The molecule has 0 fully saturated rings. The van der Waals surface area contributed by atoms with Gasteiger partial charge >= 0.3 is 0 Å². The van der Waals surface area contributed by atoms with E-state index >= 15 is 0 Å². The summed E-state index contributed by atoms with van der Waals surface area (Å²) in [6.45, 7) is 1.69. The Balaban J connectivity index is 1.90. The maximum Gasteiger partial charge on any atom is 0.245 e. The molecule has 0 aliphatic rings. The molecule has 1 atom stereocenters. The zero-order valence-electron chi connectivity index (χ0n) is 12.1. The highest BCUT2D eigenvalue weighted by Gasteiger charge is 2.17. The smallest absolute Gasteiger partial charge is 0.245 e. The number of nitrogens with two attached hydrogens (primary N) is 1. The minimum Gasteiger partial charge on any atom is -0.487 e. The number of primary amides is 1. The molecular weight excluding hydrogens is 286 g/mol. The summed E-state index contributed by atoms with van der Waals surface area (Å²) >= 11 is 0. The number of rotatable bonds is 7. The molecule has 0 saturated carbocycles. The van der Waals surface area contributed by atoms with Crippen LogP contribution in [-0.4, -0.2) is 33.4 Å². The van der Waals surface area contributed by atoms with Crippen LogP contribution in [0.5, 0.6) is 5.75 Å². The molecule has 1 heterocycles. The van der Waals surface area contributed by atoms with Gasteiger partial charge in [-0.2, -0.15) is 0 Å². The van der Waals surface area contributed by atoms with Gasteiger partial charge < -0.3 is 15.8 Å². The van der Waals surface area contributed by atoms with Crippen LogP contribution >= 0.6 is 0 Å². The summed E-state index contributed by atoms with van der Waals surface area (Å²) in [4.78, 5) is 22.4. The average molecular weight is 303 g/mol. The van der Waals surface area contributed by atoms with Crippen molar-refractivity contribution in [2.24, 2.45) is 5.73 Å². The first kappa shape index (κ1) is 15.5. The van der Waals surface area contributed by atoms with Crippen LogP contribution in [0.4, 0.5) is 0 Å². The number of ether oxygens (including phenoxy) is 1. The molecule has 0 spiro atoms. The van der Waals surface area contributed by atoms with Gasteiger partial charge in [-0.15, -0.1) is 5.10 Å². The second-order valence-electron chi connectivity index (χ2n) is 4.65. The first-order valence-corrected chi connectivity index (χ1v) is 6.71. The molecule has 0 radical (unpaired) electrons. The quantitative estimate of drug-likeness (QED) is 0.749. The van der Waals surface area contributed by atoms with Crippen molar-refractivity contribution in [2.75, 3.05) is 6.54 Å². The number of hydrogen-bond donors (Lipinski definition) is 2. The fraction of sp³-hybridized carbons (Fsp3) is 0.286. The van der Waals surface area contributed by atoms with Crippen LogP contribution in [0.2, 0.25) is 0 Å². The summed E-state index contributed by atoms with van der Waals surface area (Å²) in [7, 11) is 0. The third kappa shape index (κ3) is 4.30. The van der Waals surface area contributed by atoms with Crippen molar-refractivity contribution in [1.82, 2.24) is 20.3 Å². The third-order valence-corrected chi connectivity index (χ3v) is 2.90. The molecule has 0 bridgehead atoms. The number of benzene rings is 1. The monoisotopic (exact) mass is 303 g/mol. The highest BCUT2D eigenvalue weighted by Crippen LogP contribution is 2.11. The maximum atomic E-state index is 11.8. The number of amides is 2. The van der Waals surface area contributed by atoms with Gasteiger partial charge in [-0.1, -0.05) is 23.4 Å². The molecule has 1 aromatic heterocycles. The maximum absolute atomic E-state index is 11.8. The summed E-state index contributed by atoms with van der Waals surface area (Å²) in [5, 5.41) is 10.2. The zero-order valence-corrected chi connectivity index (χ0v) is 12.1. The van der Waals surface area contributed by atoms with Crippen LogP contribution < -0.4 is 15.8 Å². The van der Waals surface area contributed by atoms with Crippen molar-refractivity contribution in [3.63, 3.8) is 0 Å². The minimum absolute atomic E-state index is 0.207. The molecule has 2 rings (SSSR count). The summed E-state index contributed by atoms with van der Waals surface area (Å²) in [6.07, 6.45) is 1.62. The number of carbonyl (C=O) groups is 2. The number of carbonyl (C=O) groups excluding carboxylic acids is 2. The van der Waals surface area contributed by atoms with E-state index < -0.39 is 11.9 Å². The number of para-hydroxylation sites is 1. The molecule has 2 amide bonds. The van der Waals surface area contributed by atoms with Crippen molar-refractivity contribution in [3.05, 3.63) is 42.2 Å². The van der Waals surface area contributed by atoms with Crippen molar-refractivity contribution < 1.29 is 14.3 Å². The lowest BCUT2D eigenvalue weighted by molar-refractivity contribution is -0.127. The van der Waals surface area contributed by atoms with E-state index in [9.17, 15) is 9.59 Å². The van der Waals surface area contributed by atoms with Gasteiger partial charge in [0.05, 0.1) is 12.7 Å². The predicted molar refractivity (Wildman–Crippen MR) is 77.7 cm³/mol. The molecular formula is C14H17N5O3. The molecule has 0 unspecified atom stereocenters. The molecule has 1 aromatic carbocycles. The van der Waals surface area contributed by atoms with E-state index in [1.165, 1.54) is 4.68 Å². The lowest BCUT2D eigenvalue weighted by Gasteiger charge is -2.10. The Morgan fingerprint density at radius 1 is 1.36 bits per heavy atom. The topological polar surface area (TPSA) is 112 Å². The standard InChI is InChI=1S/C14H17N5O3/c1-10(14(21)16-7-13(15)20)19-8-11(17-18-19)9-22-12-5-3-2-4-6-12/h2-6,8,10H,7,9H2,1H3,(H2,15,20)(H,16,21)/t10-/m1/s1. The van der Waals surface area contributed by atoms with Crippen LogP contribution in [0.1, 0.15) is 18.7 Å². The Hall–Kier alpha value is -2.90. The molecule has 116 valence electrons. The molecule has 0 saturated heterocycles. The second kappa shape index (κ2) is 7.21. The van der Waals surface area contributed by atoms with Gasteiger partial charge in [0.1, 0.15) is 24.1 Å². The fourth-order valence-corrected chi connectivity index (χ4v) is 1.68. The highest BCUT2D eigenvalue weighted by molar-refractivity contribution is 5.85. The SMILES string of the molecule is C[C@H](C(=O)NCC(N)=O)n1cc(COc2ccccc2)nn1. The molecule has 22 heavy (non-hydrogen) atoms. The molecule has 8 heteroatoms. The van der Waals surface area contributed by atoms with Crippen LogP contribution in [0, 0.1) is 0 Å². The largest absolute Gasteiger partial charge is 0.487 e. The van der Waals surface area contributed by atoms with E-state index in [1.807, 2.05) is 30.3 Å². The van der Waals surface area contributed by atoms with Crippen LogP contribution in [0.15, 0.2) is 36.5 Å². The Morgan fingerprint density at radius 2 is 2.09 bits per heavy atom. The van der Waals surface area contributed by atoms with Gasteiger partial charge in [0.2, 0.25) is 11.8 Å². The Bertz CT molecular complexity index is 641. The molecule has 2 aromatic rings. The first-order chi connectivity index (χ1) is 10.6. The van der Waals surface area contributed by atoms with Gasteiger partial charge in [-0.25, -0.2) is 4.68 Å². The molecule has 0 aliphatic carbocycles. The van der Waals surface area contributed by atoms with E-state index in [2.05, 4.69) is 15.6 Å². The Labute approximate surface area is 127 Å². The fourth-order valence-electron chi connectivity index (χ4n) is 1.68. The van der Waals surface area contributed by atoms with Crippen molar-refractivity contribution in [1.29, 1.82) is 0 Å². The number of hydrogen-bond acceptors (Lipinski definition) is 5. The molecule has 0 aliphatic heterocycles. The lowest BCUT2D eigenvalue weighted by atomic mass is 10.3. The van der Waals surface area contributed by atoms with E-state index in [0.717, 1.165) is 5.75 Å². The number of nitrogens with one attached hydrogen (secondary N) is 1. The predicted octanol–water partition coefficient (Wildman–Crippen LogP) is 0.0196. The van der Waals surface area contributed by atoms with Crippen LogP contribution in [0.3, 0.4) is 0 Å². The van der Waals surface area contributed by atoms with Crippen LogP contribution in [0.25, 0.3) is 0 Å². The van der Waals surface area contributed by atoms with E-state index in [0.29, 0.717) is 5.69 Å². The minimum atomic E-state index is -0.601. The Kier molecular flexibility index (Phi) is 5.07. The average Bonchev–Trinajstić information content (AvgIpc) is 2.99. The van der Waals surface area contributed by atoms with Crippen molar-refractivity contribution >= 4 is 11.8 Å². The molecule has 8 nitrogen and oxygen atoms in total. The molecule has 3 N–H and O–H groups in total. The van der Waals surface area contributed by atoms with Gasteiger partial charge in [0, 0.05) is 0 Å². The number of nitrogens with zero attached hydrogens (tertiary/aromatic N) is 3.